The van der Waals surface area contributed by atoms with Crippen LogP contribution < -0.4 is 10.6 Å². The van der Waals surface area contributed by atoms with Crippen molar-refractivity contribution in [3.8, 4) is 10.4 Å². The van der Waals surface area contributed by atoms with Crippen LogP contribution >= 0.6 is 11.3 Å². The minimum atomic E-state index is -3.10. The van der Waals surface area contributed by atoms with E-state index in [0.29, 0.717) is 17.3 Å². The number of carbonyl (C=O) groups is 2. The summed E-state index contributed by atoms with van der Waals surface area (Å²) in [7, 11) is 0. The Morgan fingerprint density at radius 3 is 2.46 bits per heavy atom. The number of nitrogens with zero attached hydrogens (tertiary/aromatic N) is 3. The van der Waals surface area contributed by atoms with Gasteiger partial charge in [0.25, 0.3) is 24.2 Å². The van der Waals surface area contributed by atoms with Gasteiger partial charge in [0, 0.05) is 35.8 Å². The third-order valence-corrected chi connectivity index (χ3v) is 8.43. The van der Waals surface area contributed by atoms with Crippen LogP contribution in [0.1, 0.15) is 86.2 Å². The maximum absolute atomic E-state index is 14.3. The number of hydrogen-bond acceptors (Lipinski definition) is 7. The highest BCUT2D eigenvalue weighted by Crippen LogP contribution is 2.41. The van der Waals surface area contributed by atoms with Crippen molar-refractivity contribution in [2.45, 2.75) is 90.0 Å². The summed E-state index contributed by atoms with van der Waals surface area (Å²) in [5, 5.41) is 15.7. The number of carbonyl (C=O) groups excluding carboxylic acids is 2. The fraction of sp³-hybridized carbons (Fsp3) is 0.615. The molecule has 4 rings (SSSR count). The molecule has 2 aliphatic rings. The summed E-state index contributed by atoms with van der Waals surface area (Å²) < 4.78 is 56.8. The zero-order valence-corrected chi connectivity index (χ0v) is 23.2. The third-order valence-electron chi connectivity index (χ3n) is 7.34. The number of likely N-dealkylation sites (tertiary alicyclic amines) is 1. The molecule has 13 heteroatoms. The highest BCUT2D eigenvalue weighted by atomic mass is 32.1. The quantitative estimate of drug-likeness (QED) is 0.361. The van der Waals surface area contributed by atoms with Gasteiger partial charge in [0.15, 0.2) is 5.01 Å². The van der Waals surface area contributed by atoms with Gasteiger partial charge < -0.3 is 20.6 Å². The molecule has 2 fully saturated rings. The van der Waals surface area contributed by atoms with E-state index in [4.69, 9.17) is 0 Å². The Kier molecular flexibility index (Phi) is 7.96. The fourth-order valence-corrected chi connectivity index (χ4v) is 5.46. The second kappa shape index (κ2) is 10.6. The molecule has 0 bridgehead atoms. The molecule has 2 aromatic heterocycles. The summed E-state index contributed by atoms with van der Waals surface area (Å²) >= 11 is 0.694. The average Bonchev–Trinajstić information content (AvgIpc) is 3.52. The van der Waals surface area contributed by atoms with E-state index in [2.05, 4.69) is 20.6 Å². The molecule has 39 heavy (non-hydrogen) atoms. The molecule has 3 atom stereocenters. The molecule has 3 N–H and O–H groups in total. The molecule has 1 saturated carbocycles. The number of thiazole rings is 1. The van der Waals surface area contributed by atoms with Crippen LogP contribution in [0.2, 0.25) is 0 Å². The van der Waals surface area contributed by atoms with Gasteiger partial charge in [-0.05, 0) is 59.4 Å². The predicted octanol–water partition coefficient (Wildman–Crippen LogP) is 5.11. The molecule has 1 saturated heterocycles. The van der Waals surface area contributed by atoms with Gasteiger partial charge in [-0.1, -0.05) is 0 Å². The summed E-state index contributed by atoms with van der Waals surface area (Å²) in [4.78, 5) is 35.8. The maximum atomic E-state index is 14.3. The van der Waals surface area contributed by atoms with E-state index < -0.39 is 60.4 Å². The monoisotopic (exact) mass is 571 g/mol. The summed E-state index contributed by atoms with van der Waals surface area (Å²) in [5.74, 6) is -4.03. The Morgan fingerprint density at radius 2 is 1.92 bits per heavy atom. The Labute approximate surface area is 228 Å². The lowest BCUT2D eigenvalue weighted by Gasteiger charge is -2.26. The first-order valence-corrected chi connectivity index (χ1v) is 13.7. The average molecular weight is 572 g/mol. The first-order chi connectivity index (χ1) is 18.1. The van der Waals surface area contributed by atoms with Gasteiger partial charge in [0.1, 0.15) is 11.5 Å². The molecular formula is C26H33F4N5O3S. The molecule has 1 aliphatic heterocycles. The second-order valence-electron chi connectivity index (χ2n) is 11.1. The molecule has 2 amide bonds. The van der Waals surface area contributed by atoms with Gasteiger partial charge in [-0.2, -0.15) is 0 Å². The Morgan fingerprint density at radius 1 is 1.26 bits per heavy atom. The molecule has 0 radical (unpaired) electrons. The molecule has 1 aliphatic carbocycles. The Bertz CT molecular complexity index is 1240. The van der Waals surface area contributed by atoms with Crippen LogP contribution in [0.15, 0.2) is 12.3 Å². The number of halogens is 4. The van der Waals surface area contributed by atoms with E-state index in [0.717, 1.165) is 17.7 Å². The van der Waals surface area contributed by atoms with Gasteiger partial charge >= 0.3 is 0 Å². The Balaban J connectivity index is 1.76. The van der Waals surface area contributed by atoms with Crippen molar-refractivity contribution in [2.24, 2.45) is 5.92 Å². The van der Waals surface area contributed by atoms with Crippen molar-refractivity contribution in [1.29, 1.82) is 0 Å². The van der Waals surface area contributed by atoms with Gasteiger partial charge in [-0.25, -0.2) is 27.5 Å². The lowest BCUT2D eigenvalue weighted by atomic mass is 10.0. The van der Waals surface area contributed by atoms with Crippen LogP contribution in [0.25, 0.3) is 10.4 Å². The van der Waals surface area contributed by atoms with E-state index in [-0.39, 0.29) is 33.0 Å². The van der Waals surface area contributed by atoms with E-state index in [1.165, 1.54) is 33.0 Å². The van der Waals surface area contributed by atoms with E-state index in [9.17, 15) is 32.3 Å². The van der Waals surface area contributed by atoms with Crippen LogP contribution in [0.3, 0.4) is 0 Å². The molecule has 2 aromatic rings. The van der Waals surface area contributed by atoms with Crippen LogP contribution in [0.4, 0.5) is 23.4 Å². The molecule has 8 nitrogen and oxygen atoms in total. The number of alkyl halides is 4. The maximum Gasteiger partial charge on any atom is 0.280 e. The van der Waals surface area contributed by atoms with Gasteiger partial charge in [0.2, 0.25) is 0 Å². The Hall–Kier alpha value is -2.80. The van der Waals surface area contributed by atoms with Crippen LogP contribution in [-0.2, 0) is 0 Å². The van der Waals surface area contributed by atoms with Crippen LogP contribution in [0.5, 0.6) is 0 Å². The third kappa shape index (κ3) is 6.51. The number of aromatic nitrogens is 2. The summed E-state index contributed by atoms with van der Waals surface area (Å²) in [6.45, 7) is 7.13. The van der Waals surface area contributed by atoms with Crippen LogP contribution in [-0.4, -0.2) is 68.0 Å². The number of amides is 2. The predicted molar refractivity (Wildman–Crippen MR) is 139 cm³/mol. The number of anilines is 1. The zero-order valence-electron chi connectivity index (χ0n) is 22.4. The zero-order chi connectivity index (χ0) is 28.9. The van der Waals surface area contributed by atoms with Crippen molar-refractivity contribution >= 4 is 29.0 Å². The summed E-state index contributed by atoms with van der Waals surface area (Å²) in [6.07, 6.45) is -0.210. The normalized spacial score (nSPS) is 20.7. The number of nitrogens with one attached hydrogen (secondary N) is 2. The van der Waals surface area contributed by atoms with Crippen molar-refractivity contribution in [3.63, 3.8) is 0 Å². The first-order valence-electron chi connectivity index (χ1n) is 12.8. The SMILES string of the molecule is CC1CC(F)(F)CN1C(=O)c1nc(C(=O)NC(C)C(C)(C)O)sc1-c1cnc(N[C@@H](C)C2CC2)cc1C(F)F. The van der Waals surface area contributed by atoms with Crippen molar-refractivity contribution in [2.75, 3.05) is 11.9 Å². The molecule has 214 valence electrons. The number of pyridine rings is 1. The summed E-state index contributed by atoms with van der Waals surface area (Å²) in [5.41, 5.74) is -2.19. The highest BCUT2D eigenvalue weighted by molar-refractivity contribution is 7.17. The molecule has 0 spiro atoms. The number of rotatable bonds is 9. The van der Waals surface area contributed by atoms with Crippen molar-refractivity contribution in [3.05, 3.63) is 28.5 Å². The number of aliphatic hydroxyl groups is 1. The van der Waals surface area contributed by atoms with E-state index >= 15 is 0 Å². The lowest BCUT2D eigenvalue weighted by molar-refractivity contribution is 0.0118. The fourth-order valence-electron chi connectivity index (χ4n) is 4.47. The summed E-state index contributed by atoms with van der Waals surface area (Å²) in [6, 6.07) is -0.292. The highest BCUT2D eigenvalue weighted by Gasteiger charge is 2.46. The molecule has 0 aromatic carbocycles. The minimum absolute atomic E-state index is 0.0424. The lowest BCUT2D eigenvalue weighted by Crippen LogP contribution is -2.47. The topological polar surface area (TPSA) is 107 Å². The van der Waals surface area contributed by atoms with Gasteiger partial charge in [-0.3, -0.25) is 9.59 Å². The number of hydrogen-bond donors (Lipinski definition) is 3. The van der Waals surface area contributed by atoms with E-state index in [1.54, 1.807) is 6.92 Å². The largest absolute Gasteiger partial charge is 0.388 e. The smallest absolute Gasteiger partial charge is 0.280 e. The second-order valence-corrected chi connectivity index (χ2v) is 12.1. The van der Waals surface area contributed by atoms with E-state index in [1.807, 2.05) is 6.92 Å². The molecular weight excluding hydrogens is 538 g/mol. The first kappa shape index (κ1) is 29.2. The molecule has 3 heterocycles. The van der Waals surface area contributed by atoms with Gasteiger partial charge in [-0.15, -0.1) is 11.3 Å². The standard InChI is InChI=1S/C26H33F4N5O3S/c1-12-9-26(29,30)11-35(12)24(37)19-20(39-23(34-19)22(36)33-14(3)25(4,5)38)17-10-31-18(8-16(17)21(27)28)32-13(2)15-6-7-15/h8,10,12-15,21,38H,6-7,9,11H2,1-5H3,(H,31,32)(H,33,36)/t12?,13-,14?/m0/s1. The van der Waals surface area contributed by atoms with Gasteiger partial charge in [0.05, 0.1) is 23.1 Å². The van der Waals surface area contributed by atoms with Crippen molar-refractivity contribution < 1.29 is 32.3 Å². The molecule has 2 unspecified atom stereocenters. The van der Waals surface area contributed by atoms with Crippen LogP contribution in [0, 0.1) is 5.92 Å². The minimum Gasteiger partial charge on any atom is -0.388 e. The van der Waals surface area contributed by atoms with Crippen molar-refractivity contribution in [1.82, 2.24) is 20.2 Å².